The van der Waals surface area contributed by atoms with Gasteiger partial charge in [-0.1, -0.05) is 15.9 Å². The minimum absolute atomic E-state index is 0.0839. The Morgan fingerprint density at radius 1 is 1.28 bits per heavy atom. The Morgan fingerprint density at radius 2 is 1.89 bits per heavy atom. The molecule has 0 aliphatic rings. The molecule has 100 valence electrons. The van der Waals surface area contributed by atoms with Crippen LogP contribution < -0.4 is 10.0 Å². The normalized spacial score (nSPS) is 11.2. The van der Waals surface area contributed by atoms with Gasteiger partial charge in [0, 0.05) is 11.0 Å². The van der Waals surface area contributed by atoms with Gasteiger partial charge in [-0.15, -0.1) is 0 Å². The highest BCUT2D eigenvalue weighted by molar-refractivity contribution is 9.10. The number of sulfonamides is 1. The first-order chi connectivity index (χ1) is 8.45. The summed E-state index contributed by atoms with van der Waals surface area (Å²) in [5.41, 5.74) is 0. The highest BCUT2D eigenvalue weighted by Crippen LogP contribution is 2.14. The molecule has 1 amide bonds. The molecule has 0 aliphatic carbocycles. The number of halogens is 1. The van der Waals surface area contributed by atoms with Crippen molar-refractivity contribution in [2.45, 2.75) is 4.90 Å². The second-order valence-corrected chi connectivity index (χ2v) is 6.03. The quantitative estimate of drug-likeness (QED) is 0.672. The number of rotatable bonds is 6. The summed E-state index contributed by atoms with van der Waals surface area (Å²) in [5.74, 6) is -0.496. The molecule has 1 aromatic carbocycles. The SMILES string of the molecule is O=C(CNS(=O)(=O)c1ccc(Br)cc1)NCCO. The van der Waals surface area contributed by atoms with Crippen molar-refractivity contribution in [2.24, 2.45) is 0 Å². The van der Waals surface area contributed by atoms with E-state index in [1.165, 1.54) is 12.1 Å². The van der Waals surface area contributed by atoms with Gasteiger partial charge in [-0.05, 0) is 24.3 Å². The Kier molecular flexibility index (Phi) is 5.73. The summed E-state index contributed by atoms with van der Waals surface area (Å²) >= 11 is 3.20. The van der Waals surface area contributed by atoms with Gasteiger partial charge in [-0.25, -0.2) is 13.1 Å². The first kappa shape index (κ1) is 15.1. The molecule has 0 spiro atoms. The van der Waals surface area contributed by atoms with E-state index in [-0.39, 0.29) is 24.6 Å². The molecule has 0 saturated carbocycles. The minimum Gasteiger partial charge on any atom is -0.395 e. The Bertz CT molecular complexity index is 501. The summed E-state index contributed by atoms with van der Waals surface area (Å²) in [4.78, 5) is 11.3. The zero-order valence-corrected chi connectivity index (χ0v) is 11.8. The highest BCUT2D eigenvalue weighted by Gasteiger charge is 2.14. The second kappa shape index (κ2) is 6.83. The molecule has 1 rings (SSSR count). The number of benzene rings is 1. The van der Waals surface area contributed by atoms with Crippen LogP contribution in [-0.2, 0) is 14.8 Å². The molecule has 0 saturated heterocycles. The predicted octanol–water partition coefficient (Wildman–Crippen LogP) is -0.164. The average Bonchev–Trinajstić information content (AvgIpc) is 2.34. The Hall–Kier alpha value is -0.960. The summed E-state index contributed by atoms with van der Waals surface area (Å²) in [6.45, 7) is -0.456. The van der Waals surface area contributed by atoms with Crippen LogP contribution in [0.25, 0.3) is 0 Å². The molecule has 0 atom stereocenters. The van der Waals surface area contributed by atoms with Crippen LogP contribution >= 0.6 is 15.9 Å². The van der Waals surface area contributed by atoms with Crippen molar-refractivity contribution in [3.05, 3.63) is 28.7 Å². The Balaban J connectivity index is 2.60. The van der Waals surface area contributed by atoms with E-state index in [1.807, 2.05) is 0 Å². The van der Waals surface area contributed by atoms with Crippen molar-refractivity contribution in [2.75, 3.05) is 19.7 Å². The monoisotopic (exact) mass is 336 g/mol. The van der Waals surface area contributed by atoms with Crippen molar-refractivity contribution >= 4 is 31.9 Å². The summed E-state index contributed by atoms with van der Waals surface area (Å²) < 4.78 is 26.5. The first-order valence-corrected chi connectivity index (χ1v) is 7.36. The van der Waals surface area contributed by atoms with Crippen molar-refractivity contribution in [1.29, 1.82) is 0 Å². The highest BCUT2D eigenvalue weighted by atomic mass is 79.9. The largest absolute Gasteiger partial charge is 0.395 e. The number of carbonyl (C=O) groups excluding carboxylic acids is 1. The van der Waals surface area contributed by atoms with E-state index in [0.717, 1.165) is 4.47 Å². The van der Waals surface area contributed by atoms with Gasteiger partial charge < -0.3 is 10.4 Å². The zero-order valence-electron chi connectivity index (χ0n) is 9.39. The third-order valence-corrected chi connectivity index (χ3v) is 3.93. The lowest BCUT2D eigenvalue weighted by molar-refractivity contribution is -0.120. The Labute approximate surface area is 114 Å². The van der Waals surface area contributed by atoms with Gasteiger partial charge in [-0.3, -0.25) is 4.79 Å². The maximum Gasteiger partial charge on any atom is 0.241 e. The summed E-state index contributed by atoms with van der Waals surface area (Å²) in [6.07, 6.45) is 0. The molecule has 8 heteroatoms. The summed E-state index contributed by atoms with van der Waals surface area (Å²) in [6, 6.07) is 6.05. The van der Waals surface area contributed by atoms with Gasteiger partial charge in [0.05, 0.1) is 18.0 Å². The number of hydrogen-bond acceptors (Lipinski definition) is 4. The zero-order chi connectivity index (χ0) is 13.6. The number of nitrogens with one attached hydrogen (secondary N) is 2. The van der Waals surface area contributed by atoms with Gasteiger partial charge in [0.15, 0.2) is 0 Å². The third-order valence-electron chi connectivity index (χ3n) is 1.98. The lowest BCUT2D eigenvalue weighted by Gasteiger charge is -2.07. The van der Waals surface area contributed by atoms with Crippen molar-refractivity contribution in [3.63, 3.8) is 0 Å². The maximum absolute atomic E-state index is 11.8. The number of aliphatic hydroxyl groups is 1. The standard InChI is InChI=1S/C10H13BrN2O4S/c11-8-1-3-9(4-2-8)18(16,17)13-7-10(15)12-5-6-14/h1-4,13-14H,5-7H2,(H,12,15). The summed E-state index contributed by atoms with van der Waals surface area (Å²) in [5, 5.41) is 10.8. The van der Waals surface area contributed by atoms with E-state index in [2.05, 4.69) is 26.0 Å². The van der Waals surface area contributed by atoms with Gasteiger partial charge in [0.2, 0.25) is 15.9 Å². The molecule has 0 unspecified atom stereocenters. The lowest BCUT2D eigenvalue weighted by Crippen LogP contribution is -2.37. The fourth-order valence-corrected chi connectivity index (χ4v) is 2.36. The molecular formula is C10H13BrN2O4S. The van der Waals surface area contributed by atoms with Crippen molar-refractivity contribution in [1.82, 2.24) is 10.0 Å². The van der Waals surface area contributed by atoms with Gasteiger partial charge in [0.25, 0.3) is 0 Å². The summed E-state index contributed by atoms with van der Waals surface area (Å²) in [7, 11) is -3.69. The molecule has 3 N–H and O–H groups in total. The second-order valence-electron chi connectivity index (χ2n) is 3.35. The van der Waals surface area contributed by atoms with E-state index in [0.29, 0.717) is 0 Å². The molecule has 1 aromatic rings. The molecule has 6 nitrogen and oxygen atoms in total. The molecule has 0 bridgehead atoms. The van der Waals surface area contributed by atoms with E-state index in [4.69, 9.17) is 5.11 Å². The van der Waals surface area contributed by atoms with E-state index in [9.17, 15) is 13.2 Å². The third kappa shape index (κ3) is 4.73. The average molecular weight is 337 g/mol. The first-order valence-electron chi connectivity index (χ1n) is 5.08. The molecule has 0 aliphatic heterocycles. The van der Waals surface area contributed by atoms with Crippen LogP contribution in [0.15, 0.2) is 33.6 Å². The van der Waals surface area contributed by atoms with Crippen molar-refractivity contribution < 1.29 is 18.3 Å². The number of carbonyl (C=O) groups is 1. The minimum atomic E-state index is -3.69. The fraction of sp³-hybridized carbons (Fsp3) is 0.300. The number of hydrogen-bond donors (Lipinski definition) is 3. The van der Waals surface area contributed by atoms with Gasteiger partial charge >= 0.3 is 0 Å². The van der Waals surface area contributed by atoms with Crippen LogP contribution in [0.5, 0.6) is 0 Å². The molecular weight excluding hydrogens is 324 g/mol. The maximum atomic E-state index is 11.8. The van der Waals surface area contributed by atoms with Crippen LogP contribution in [-0.4, -0.2) is 39.1 Å². The fourth-order valence-electron chi connectivity index (χ4n) is 1.12. The van der Waals surface area contributed by atoms with Crippen LogP contribution in [0, 0.1) is 0 Å². The van der Waals surface area contributed by atoms with Crippen LogP contribution in [0.1, 0.15) is 0 Å². The van der Waals surface area contributed by atoms with Gasteiger partial charge in [-0.2, -0.15) is 0 Å². The number of amides is 1. The van der Waals surface area contributed by atoms with E-state index in [1.54, 1.807) is 12.1 Å². The van der Waals surface area contributed by atoms with Crippen LogP contribution in [0.2, 0.25) is 0 Å². The van der Waals surface area contributed by atoms with Crippen molar-refractivity contribution in [3.8, 4) is 0 Å². The molecule has 0 fully saturated rings. The molecule has 0 aromatic heterocycles. The topological polar surface area (TPSA) is 95.5 Å². The smallest absolute Gasteiger partial charge is 0.241 e. The lowest BCUT2D eigenvalue weighted by atomic mass is 10.4. The molecule has 0 radical (unpaired) electrons. The van der Waals surface area contributed by atoms with E-state index < -0.39 is 15.9 Å². The van der Waals surface area contributed by atoms with Crippen LogP contribution in [0.4, 0.5) is 0 Å². The molecule has 18 heavy (non-hydrogen) atoms. The van der Waals surface area contributed by atoms with Gasteiger partial charge in [0.1, 0.15) is 0 Å². The molecule has 0 heterocycles. The Morgan fingerprint density at radius 3 is 2.44 bits per heavy atom. The number of aliphatic hydroxyl groups excluding tert-OH is 1. The van der Waals surface area contributed by atoms with Crippen LogP contribution in [0.3, 0.4) is 0 Å². The van der Waals surface area contributed by atoms with E-state index >= 15 is 0 Å². The predicted molar refractivity (Wildman–Crippen MR) is 69.4 cm³/mol.